The zero-order chi connectivity index (χ0) is 33.6. The van der Waals surface area contributed by atoms with Crippen LogP contribution in [0.15, 0.2) is 24.7 Å². The molecule has 0 aromatic heterocycles. The average Bonchev–Trinajstić information content (AvgIpc) is 3.17. The number of halogens is 1. The Kier molecular flexibility index (Phi) is 13.7. The van der Waals surface area contributed by atoms with Crippen LogP contribution in [0.5, 0.6) is 0 Å². The summed E-state index contributed by atoms with van der Waals surface area (Å²) in [7, 11) is -4.57. The third-order valence-corrected chi connectivity index (χ3v) is 10.7. The van der Waals surface area contributed by atoms with Gasteiger partial charge >= 0.3 is 7.82 Å². The quantitative estimate of drug-likeness (QED) is 0.108. The summed E-state index contributed by atoms with van der Waals surface area (Å²) in [4.78, 5) is 37.4. The Balaban J connectivity index is 2.18. The zero-order valence-electron chi connectivity index (χ0n) is 25.3. The number of carbonyl (C=O) groups excluding carboxylic acids is 3. The van der Waals surface area contributed by atoms with Crippen molar-refractivity contribution in [2.45, 2.75) is 58.2 Å². The first kappa shape index (κ1) is 38.8. The van der Waals surface area contributed by atoms with Crippen LogP contribution in [0, 0.1) is 10.8 Å². The lowest BCUT2D eigenvalue weighted by atomic mass is 9.88. The minimum Gasteiger partial charge on any atom is -0.395 e. The fourth-order valence-corrected chi connectivity index (χ4v) is 6.85. The molecule has 44 heavy (non-hydrogen) atoms. The van der Waals surface area contributed by atoms with Gasteiger partial charge in [-0.15, -0.1) is 0 Å². The van der Waals surface area contributed by atoms with Gasteiger partial charge in [-0.2, -0.15) is 0 Å². The van der Waals surface area contributed by atoms with Crippen LogP contribution in [0.2, 0.25) is 0 Å². The number of phosphoric acid groups is 1. The molecule has 0 aliphatic carbocycles. The molecular weight excluding hydrogens is 646 g/mol. The average molecular weight is 689 g/mol. The van der Waals surface area contributed by atoms with Crippen LogP contribution in [0.3, 0.4) is 0 Å². The maximum atomic E-state index is 14.6. The maximum Gasteiger partial charge on any atom is 0.474 e. The Labute approximate surface area is 264 Å². The van der Waals surface area contributed by atoms with E-state index in [1.807, 2.05) is 0 Å². The number of hydrogen-bond acceptors (Lipinski definition) is 15. The summed E-state index contributed by atoms with van der Waals surface area (Å²) in [5, 5.41) is 42.6. The Bertz CT molecular complexity index is 1110. The van der Waals surface area contributed by atoms with Crippen molar-refractivity contribution < 1.29 is 62.1 Å². The second-order valence-corrected chi connectivity index (χ2v) is 15.5. The van der Waals surface area contributed by atoms with Crippen LogP contribution in [-0.4, -0.2) is 116 Å². The largest absolute Gasteiger partial charge is 0.474 e. The van der Waals surface area contributed by atoms with Gasteiger partial charge in [-0.1, -0.05) is 30.1 Å². The van der Waals surface area contributed by atoms with E-state index in [0.717, 1.165) is 29.6 Å². The van der Waals surface area contributed by atoms with Gasteiger partial charge in [-0.05, 0) is 34.6 Å². The smallest absolute Gasteiger partial charge is 0.395 e. The molecule has 0 unspecified atom stereocenters. The molecule has 1 fully saturated rings. The maximum absolute atomic E-state index is 14.6. The van der Waals surface area contributed by atoms with Gasteiger partial charge < -0.3 is 35.4 Å². The van der Waals surface area contributed by atoms with E-state index >= 15 is 0 Å². The molecule has 0 saturated carbocycles. The van der Waals surface area contributed by atoms with Gasteiger partial charge in [-0.3, -0.25) is 28.0 Å². The Morgan fingerprint density at radius 1 is 1.11 bits per heavy atom. The Morgan fingerprint density at radius 2 is 1.61 bits per heavy atom. The van der Waals surface area contributed by atoms with E-state index in [1.54, 1.807) is 27.7 Å². The summed E-state index contributed by atoms with van der Waals surface area (Å²) in [5.41, 5.74) is -6.48. The number of amides is 1. The number of phosphoric ester groups is 1. The highest BCUT2D eigenvalue weighted by Gasteiger charge is 2.63. The third-order valence-electron chi connectivity index (χ3n) is 6.84. The van der Waals surface area contributed by atoms with Gasteiger partial charge in [0.05, 0.1) is 43.9 Å². The molecule has 1 saturated heterocycles. The molecule has 4 atom stereocenters. The minimum absolute atomic E-state index is 0.0177. The van der Waals surface area contributed by atoms with Crippen molar-refractivity contribution in [1.29, 1.82) is 0 Å². The highest BCUT2D eigenvalue weighted by molar-refractivity contribution is 8.14. The Hall–Kier alpha value is -1.37. The van der Waals surface area contributed by atoms with Crippen molar-refractivity contribution in [3.05, 3.63) is 24.7 Å². The normalized spacial score (nSPS) is 26.3. The molecule has 14 nitrogen and oxygen atoms in total. The number of hydrogen-bond donors (Lipinski definition) is 5. The molecule has 2 aliphatic heterocycles. The van der Waals surface area contributed by atoms with Crippen molar-refractivity contribution in [3.8, 4) is 0 Å². The van der Waals surface area contributed by atoms with E-state index in [9.17, 15) is 43.8 Å². The zero-order valence-corrected chi connectivity index (χ0v) is 27.8. The fraction of sp³-hybridized carbons (Fsp3) is 0.731. The van der Waals surface area contributed by atoms with Crippen LogP contribution in [0.4, 0.5) is 4.39 Å². The lowest BCUT2D eigenvalue weighted by Crippen LogP contribution is -2.55. The highest BCUT2D eigenvalue weighted by Crippen LogP contribution is 2.52. The third kappa shape index (κ3) is 9.35. The van der Waals surface area contributed by atoms with Crippen molar-refractivity contribution in [1.82, 2.24) is 10.2 Å². The summed E-state index contributed by atoms with van der Waals surface area (Å²) < 4.78 is 50.1. The molecule has 2 heterocycles. The lowest BCUT2D eigenvalue weighted by Gasteiger charge is -2.37. The van der Waals surface area contributed by atoms with Crippen LogP contribution < -0.4 is 5.32 Å². The second kappa shape index (κ2) is 15.5. The topological polar surface area (TPSA) is 201 Å². The Morgan fingerprint density at radius 3 is 2.05 bits per heavy atom. The predicted octanol–water partition coefficient (Wildman–Crippen LogP) is 1.29. The first-order valence-electron chi connectivity index (χ1n) is 13.5. The minimum atomic E-state index is -4.57. The van der Waals surface area contributed by atoms with Crippen molar-refractivity contribution in [2.24, 2.45) is 10.8 Å². The molecule has 0 aromatic rings. The number of aliphatic hydroxyl groups excluding tert-OH is 3. The lowest BCUT2D eigenvalue weighted by molar-refractivity contribution is -0.148. The molecule has 252 valence electrons. The predicted molar refractivity (Wildman–Crippen MR) is 161 cm³/mol. The van der Waals surface area contributed by atoms with E-state index in [2.05, 4.69) is 11.9 Å². The van der Waals surface area contributed by atoms with Crippen LogP contribution in [0.1, 0.15) is 34.6 Å². The molecule has 0 aromatic carbocycles. The SMILES string of the molecule is C=C1NC(=O)C=CN1[C@@H]1O[C@](CF)(COP(=O)(OCCSC(=O)C(C)(C)CO)OCCSC(=O)C(C)(C)CO)[C@@H](O)[C@@]1(C)O. The first-order valence-corrected chi connectivity index (χ1v) is 16.9. The van der Waals surface area contributed by atoms with Gasteiger partial charge in [0.1, 0.15) is 24.2 Å². The monoisotopic (exact) mass is 688 g/mol. The summed E-state index contributed by atoms with van der Waals surface area (Å²) in [5.74, 6) is -0.554. The number of thioether (sulfide) groups is 2. The molecule has 18 heteroatoms. The standard InChI is InChI=1S/C26H42FN2O12PS2/c1-17-28-18(32)7-8-29(17)20-25(6,36)19(33)26(13-27,41-20)16-40-42(37,38-9-11-43-21(34)23(2,3)14-30)39-10-12-44-22(35)24(4,5)15-31/h7-8,19-20,30-31,33,36H,1,9-16H2,2-6H3,(H,28,32)/t19-,20+,25+,26+/m0/s1. The van der Waals surface area contributed by atoms with Crippen LogP contribution in [-0.2, 0) is 37.3 Å². The van der Waals surface area contributed by atoms with Gasteiger partial charge in [-0.25, -0.2) is 8.96 Å². The van der Waals surface area contributed by atoms with Crippen molar-refractivity contribution in [2.75, 3.05) is 51.2 Å². The number of alkyl halides is 1. The molecule has 5 N–H and O–H groups in total. The van der Waals surface area contributed by atoms with E-state index in [4.69, 9.17) is 18.3 Å². The van der Waals surface area contributed by atoms with Gasteiger partial charge in [0, 0.05) is 23.8 Å². The second-order valence-electron chi connectivity index (χ2n) is 11.7. The van der Waals surface area contributed by atoms with Crippen LogP contribution in [0.25, 0.3) is 0 Å². The highest BCUT2D eigenvalue weighted by atomic mass is 32.2. The molecule has 0 radical (unpaired) electrons. The number of nitrogens with zero attached hydrogens (tertiary/aromatic N) is 1. The van der Waals surface area contributed by atoms with Gasteiger partial charge in [0.25, 0.3) is 5.91 Å². The first-order chi connectivity index (χ1) is 20.3. The van der Waals surface area contributed by atoms with E-state index in [1.165, 1.54) is 18.0 Å². The van der Waals surface area contributed by atoms with E-state index in [0.29, 0.717) is 0 Å². The van der Waals surface area contributed by atoms with Crippen molar-refractivity contribution in [3.63, 3.8) is 0 Å². The summed E-state index contributed by atoms with van der Waals surface area (Å²) in [6.45, 7) is 7.22. The number of aliphatic hydroxyl groups is 4. The summed E-state index contributed by atoms with van der Waals surface area (Å²) in [6.07, 6.45) is -1.07. The number of carbonyl (C=O) groups is 3. The summed E-state index contributed by atoms with van der Waals surface area (Å²) >= 11 is 1.63. The van der Waals surface area contributed by atoms with Gasteiger partial charge in [0.15, 0.2) is 22.1 Å². The molecular formula is C26H42FN2O12PS2. The van der Waals surface area contributed by atoms with E-state index in [-0.39, 0.29) is 54.0 Å². The number of ether oxygens (including phenoxy) is 1. The molecule has 2 aliphatic rings. The number of rotatable bonds is 17. The number of nitrogens with one attached hydrogen (secondary N) is 1. The fourth-order valence-electron chi connectivity index (χ4n) is 3.76. The van der Waals surface area contributed by atoms with Crippen LogP contribution >= 0.6 is 31.3 Å². The van der Waals surface area contributed by atoms with Gasteiger partial charge in [0.2, 0.25) is 0 Å². The molecule has 2 rings (SSSR count). The summed E-state index contributed by atoms with van der Waals surface area (Å²) in [6, 6.07) is 0. The molecule has 0 bridgehead atoms. The molecule has 1 amide bonds. The molecule has 0 spiro atoms. The van der Waals surface area contributed by atoms with Crippen molar-refractivity contribution >= 4 is 47.5 Å². The van der Waals surface area contributed by atoms with E-state index < -0.39 is 61.4 Å².